The topological polar surface area (TPSA) is 38.9 Å². The molecule has 130 valence electrons. The quantitative estimate of drug-likeness (QED) is 0.825. The summed E-state index contributed by atoms with van der Waals surface area (Å²) in [4.78, 5) is 4.38. The smallest absolute Gasteiger partial charge is 0.123 e. The molecule has 0 spiro atoms. The summed E-state index contributed by atoms with van der Waals surface area (Å²) in [5, 5.41) is 0.991. The van der Waals surface area contributed by atoms with E-state index in [0.717, 1.165) is 22.7 Å². The molecule has 1 aromatic heterocycles. The van der Waals surface area contributed by atoms with Gasteiger partial charge in [0.15, 0.2) is 0 Å². The molecule has 2 aliphatic carbocycles. The van der Waals surface area contributed by atoms with Gasteiger partial charge < -0.3 is 5.73 Å². The van der Waals surface area contributed by atoms with Crippen molar-refractivity contribution in [2.45, 2.75) is 56.9 Å². The molecule has 4 rings (SSSR count). The summed E-state index contributed by atoms with van der Waals surface area (Å²) in [6.07, 6.45) is 10.6. The van der Waals surface area contributed by atoms with Gasteiger partial charge in [0.05, 0.1) is 5.52 Å². The van der Waals surface area contributed by atoms with Crippen molar-refractivity contribution in [1.29, 1.82) is 0 Å². The summed E-state index contributed by atoms with van der Waals surface area (Å²) < 4.78 is 13.6. The molecule has 2 saturated carbocycles. The molecular weight excluding hydrogens is 323 g/mol. The number of nitrogens with two attached hydrogens (primary N) is 1. The minimum atomic E-state index is -0.171. The Bertz CT molecular complexity index is 693. The van der Waals surface area contributed by atoms with Crippen molar-refractivity contribution in [1.82, 2.24) is 4.98 Å². The minimum Gasteiger partial charge on any atom is -0.327 e. The fraction of sp³-hybridized carbons (Fsp3) is 0.550. The van der Waals surface area contributed by atoms with Gasteiger partial charge in [0.2, 0.25) is 0 Å². The summed E-state index contributed by atoms with van der Waals surface area (Å²) in [6.45, 7) is 0. The average molecular weight is 349 g/mol. The van der Waals surface area contributed by atoms with Crippen LogP contribution in [0.5, 0.6) is 0 Å². The zero-order chi connectivity index (χ0) is 15.8. The van der Waals surface area contributed by atoms with Crippen LogP contribution in [0.15, 0.2) is 30.5 Å². The molecule has 1 heterocycles. The van der Waals surface area contributed by atoms with E-state index in [0.29, 0.717) is 12.0 Å². The first-order valence-corrected chi connectivity index (χ1v) is 9.00. The van der Waals surface area contributed by atoms with Crippen LogP contribution >= 0.6 is 12.4 Å². The van der Waals surface area contributed by atoms with Crippen LogP contribution in [0.25, 0.3) is 10.9 Å². The minimum absolute atomic E-state index is 0. The molecule has 1 aromatic carbocycles. The molecule has 2 fully saturated rings. The van der Waals surface area contributed by atoms with E-state index in [2.05, 4.69) is 11.1 Å². The molecule has 0 saturated heterocycles. The fourth-order valence-corrected chi connectivity index (χ4v) is 4.31. The Balaban J connectivity index is 0.00000169. The van der Waals surface area contributed by atoms with Crippen LogP contribution in [0, 0.1) is 17.7 Å². The second kappa shape index (κ2) is 7.37. The molecule has 0 unspecified atom stereocenters. The number of fused-ring (bicyclic) bond motifs is 1. The van der Waals surface area contributed by atoms with E-state index in [1.54, 1.807) is 12.1 Å². The highest BCUT2D eigenvalue weighted by molar-refractivity contribution is 5.85. The molecule has 2 aliphatic rings. The Morgan fingerprint density at radius 2 is 1.83 bits per heavy atom. The molecule has 2 aromatic rings. The number of halogens is 2. The zero-order valence-electron chi connectivity index (χ0n) is 14.0. The normalized spacial score (nSPS) is 25.2. The number of hydrogen-bond donors (Lipinski definition) is 1. The second-order valence-electron chi connectivity index (χ2n) is 7.52. The maximum Gasteiger partial charge on any atom is 0.123 e. The number of benzene rings is 1. The van der Waals surface area contributed by atoms with Crippen LogP contribution in [0.1, 0.15) is 56.4 Å². The van der Waals surface area contributed by atoms with Crippen molar-refractivity contribution in [3.05, 3.63) is 41.8 Å². The molecule has 24 heavy (non-hydrogen) atoms. The largest absolute Gasteiger partial charge is 0.327 e. The molecule has 0 aliphatic heterocycles. The van der Waals surface area contributed by atoms with Gasteiger partial charge >= 0.3 is 0 Å². The molecule has 2 N–H and O–H groups in total. The number of pyridine rings is 1. The lowest BCUT2D eigenvalue weighted by molar-refractivity contribution is 0.286. The van der Waals surface area contributed by atoms with Crippen LogP contribution in [-0.2, 0) is 0 Å². The van der Waals surface area contributed by atoms with Gasteiger partial charge in [-0.25, -0.2) is 4.39 Å². The maximum absolute atomic E-state index is 13.6. The third-order valence-corrected chi connectivity index (χ3v) is 5.86. The van der Waals surface area contributed by atoms with E-state index in [-0.39, 0.29) is 18.2 Å². The van der Waals surface area contributed by atoms with E-state index in [1.165, 1.54) is 56.6 Å². The van der Waals surface area contributed by atoms with E-state index in [9.17, 15) is 4.39 Å². The predicted octanol–water partition coefficient (Wildman–Crippen LogP) is 5.20. The van der Waals surface area contributed by atoms with E-state index in [4.69, 9.17) is 5.73 Å². The molecular formula is C20H26ClFN2. The lowest BCUT2D eigenvalue weighted by atomic mass is 9.75. The van der Waals surface area contributed by atoms with Crippen molar-refractivity contribution >= 4 is 23.3 Å². The first kappa shape index (κ1) is 17.6. The molecule has 0 bridgehead atoms. The van der Waals surface area contributed by atoms with Crippen molar-refractivity contribution in [3.8, 4) is 0 Å². The Hall–Kier alpha value is -1.19. The van der Waals surface area contributed by atoms with Gasteiger partial charge in [0, 0.05) is 17.6 Å². The van der Waals surface area contributed by atoms with E-state index < -0.39 is 0 Å². The first-order chi connectivity index (χ1) is 11.2. The standard InChI is InChI=1S/C20H25FN2.ClH/c21-16-7-8-20-18(12-16)17(9-10-23-20)14-3-1-13(2-4-14)11-19(22)15-5-6-15;/h7-10,12-15,19H,1-6,11,22H2;1H/t13?,14?,19-;/m0./s1. The number of hydrogen-bond acceptors (Lipinski definition) is 2. The van der Waals surface area contributed by atoms with Gasteiger partial charge in [-0.15, -0.1) is 12.4 Å². The monoisotopic (exact) mass is 348 g/mol. The first-order valence-electron chi connectivity index (χ1n) is 9.00. The van der Waals surface area contributed by atoms with Crippen molar-refractivity contribution < 1.29 is 4.39 Å². The van der Waals surface area contributed by atoms with E-state index in [1.807, 2.05) is 6.20 Å². The van der Waals surface area contributed by atoms with Gasteiger partial charge in [-0.1, -0.05) is 0 Å². The van der Waals surface area contributed by atoms with Gasteiger partial charge in [0.1, 0.15) is 5.82 Å². The molecule has 0 amide bonds. The predicted molar refractivity (Wildman–Crippen MR) is 99.0 cm³/mol. The van der Waals surface area contributed by atoms with Gasteiger partial charge in [-0.05, 0) is 92.5 Å². The molecule has 1 atom stereocenters. The van der Waals surface area contributed by atoms with Crippen LogP contribution < -0.4 is 5.73 Å². The summed E-state index contributed by atoms with van der Waals surface area (Å²) >= 11 is 0. The Kier molecular flexibility index (Phi) is 5.41. The average Bonchev–Trinajstić information content (AvgIpc) is 3.40. The number of nitrogens with zero attached hydrogens (tertiary/aromatic N) is 1. The molecule has 0 radical (unpaired) electrons. The Labute approximate surface area is 149 Å². The molecule has 2 nitrogen and oxygen atoms in total. The maximum atomic E-state index is 13.6. The van der Waals surface area contributed by atoms with E-state index >= 15 is 0 Å². The van der Waals surface area contributed by atoms with Gasteiger partial charge in [0.25, 0.3) is 0 Å². The number of aromatic nitrogens is 1. The summed E-state index contributed by atoms with van der Waals surface area (Å²) in [6, 6.07) is 7.44. The highest BCUT2D eigenvalue weighted by atomic mass is 35.5. The highest BCUT2D eigenvalue weighted by Crippen LogP contribution is 2.41. The van der Waals surface area contributed by atoms with Gasteiger partial charge in [-0.3, -0.25) is 4.98 Å². The van der Waals surface area contributed by atoms with Crippen LogP contribution in [0.3, 0.4) is 0 Å². The summed E-state index contributed by atoms with van der Waals surface area (Å²) in [5.41, 5.74) is 8.48. The number of rotatable bonds is 4. The van der Waals surface area contributed by atoms with Crippen LogP contribution in [0.4, 0.5) is 4.39 Å². The summed E-state index contributed by atoms with van der Waals surface area (Å²) in [7, 11) is 0. The fourth-order valence-electron chi connectivity index (χ4n) is 4.31. The van der Waals surface area contributed by atoms with Crippen molar-refractivity contribution in [3.63, 3.8) is 0 Å². The highest BCUT2D eigenvalue weighted by Gasteiger charge is 2.32. The third-order valence-electron chi connectivity index (χ3n) is 5.86. The van der Waals surface area contributed by atoms with Crippen LogP contribution in [0.2, 0.25) is 0 Å². The van der Waals surface area contributed by atoms with Crippen molar-refractivity contribution in [2.75, 3.05) is 0 Å². The Morgan fingerprint density at radius 1 is 1.08 bits per heavy atom. The lowest BCUT2D eigenvalue weighted by Crippen LogP contribution is -2.27. The zero-order valence-corrected chi connectivity index (χ0v) is 14.8. The second-order valence-corrected chi connectivity index (χ2v) is 7.52. The third kappa shape index (κ3) is 3.73. The molecule has 4 heteroatoms. The summed E-state index contributed by atoms with van der Waals surface area (Å²) in [5.74, 6) is 1.96. The van der Waals surface area contributed by atoms with Crippen LogP contribution in [-0.4, -0.2) is 11.0 Å². The Morgan fingerprint density at radius 3 is 2.54 bits per heavy atom. The van der Waals surface area contributed by atoms with Gasteiger partial charge in [-0.2, -0.15) is 0 Å². The SMILES string of the molecule is Cl.N[C@@H](CC1CCC(c2ccnc3ccc(F)cc23)CC1)C1CC1. The lowest BCUT2D eigenvalue weighted by Gasteiger charge is -2.31. The van der Waals surface area contributed by atoms with Crippen molar-refractivity contribution in [2.24, 2.45) is 17.6 Å².